The lowest BCUT2D eigenvalue weighted by Crippen LogP contribution is -2.25. The summed E-state index contributed by atoms with van der Waals surface area (Å²) in [6.45, 7) is 10.1. The fourth-order valence-electron chi connectivity index (χ4n) is 2.24. The third kappa shape index (κ3) is 17.1. The van der Waals surface area contributed by atoms with Crippen LogP contribution in [0.4, 0.5) is 0 Å². The van der Waals surface area contributed by atoms with Gasteiger partial charge in [-0.15, -0.1) is 0 Å². The molecule has 0 aliphatic heterocycles. The zero-order chi connectivity index (χ0) is 17.3. The van der Waals surface area contributed by atoms with Gasteiger partial charge in [0.05, 0.1) is 6.54 Å². The highest BCUT2D eigenvalue weighted by Crippen LogP contribution is 2.06. The fourth-order valence-corrected chi connectivity index (χ4v) is 2.24. The average molecular weight is 324 g/mol. The Morgan fingerprint density at radius 2 is 1.70 bits per heavy atom. The van der Waals surface area contributed by atoms with Gasteiger partial charge in [-0.25, -0.2) is 0 Å². The molecule has 3 heteroatoms. The number of ether oxygens (including phenoxy) is 1. The van der Waals surface area contributed by atoms with Gasteiger partial charge in [-0.2, -0.15) is 0 Å². The Bertz CT molecular complexity index is 355. The van der Waals surface area contributed by atoms with Crippen molar-refractivity contribution in [3.05, 3.63) is 23.3 Å². The highest BCUT2D eigenvalue weighted by Gasteiger charge is 2.00. The summed E-state index contributed by atoms with van der Waals surface area (Å²) in [5.41, 5.74) is 2.62. The molecule has 0 radical (unpaired) electrons. The molecule has 0 unspecified atom stereocenters. The van der Waals surface area contributed by atoms with Crippen molar-refractivity contribution in [1.29, 1.82) is 0 Å². The highest BCUT2D eigenvalue weighted by atomic mass is 16.5. The van der Waals surface area contributed by atoms with E-state index in [1.54, 1.807) is 0 Å². The van der Waals surface area contributed by atoms with Crippen molar-refractivity contribution in [2.24, 2.45) is 0 Å². The quantitative estimate of drug-likeness (QED) is 0.272. The van der Waals surface area contributed by atoms with Gasteiger partial charge in [0.2, 0.25) is 0 Å². The van der Waals surface area contributed by atoms with E-state index >= 15 is 0 Å². The number of hydrogen-bond donors (Lipinski definition) is 1. The van der Waals surface area contributed by atoms with Crippen LogP contribution in [0.3, 0.4) is 0 Å². The zero-order valence-electron chi connectivity index (χ0n) is 15.7. The van der Waals surface area contributed by atoms with E-state index in [1.807, 2.05) is 6.08 Å². The Labute approximate surface area is 143 Å². The topological polar surface area (TPSA) is 38.3 Å². The van der Waals surface area contributed by atoms with Gasteiger partial charge in [-0.3, -0.25) is 4.79 Å². The van der Waals surface area contributed by atoms with E-state index in [9.17, 15) is 4.79 Å². The van der Waals surface area contributed by atoms with Crippen molar-refractivity contribution in [3.63, 3.8) is 0 Å². The number of esters is 1. The summed E-state index contributed by atoms with van der Waals surface area (Å²) in [7, 11) is 0. The summed E-state index contributed by atoms with van der Waals surface area (Å²) < 4.78 is 5.21. The number of carbonyl (C=O) groups is 1. The Kier molecular flexibility index (Phi) is 15.0. The number of unbranched alkanes of at least 4 members (excludes halogenated alkanes) is 5. The van der Waals surface area contributed by atoms with E-state index in [1.165, 1.54) is 43.3 Å². The first-order chi connectivity index (χ1) is 11.1. The minimum atomic E-state index is -0.163. The molecule has 0 aromatic rings. The van der Waals surface area contributed by atoms with Gasteiger partial charge in [-0.05, 0) is 52.7 Å². The van der Waals surface area contributed by atoms with Crippen molar-refractivity contribution >= 4 is 5.97 Å². The van der Waals surface area contributed by atoms with Crippen LogP contribution in [0.25, 0.3) is 0 Å². The molecule has 0 saturated carbocycles. The minimum absolute atomic E-state index is 0.163. The monoisotopic (exact) mass is 323 g/mol. The van der Waals surface area contributed by atoms with Crippen LogP contribution in [0, 0.1) is 0 Å². The van der Waals surface area contributed by atoms with Crippen LogP contribution in [0.15, 0.2) is 23.3 Å². The first-order valence-electron chi connectivity index (χ1n) is 9.21. The molecule has 0 bridgehead atoms. The number of rotatable bonds is 14. The third-order valence-corrected chi connectivity index (χ3v) is 3.74. The zero-order valence-corrected chi connectivity index (χ0v) is 15.7. The van der Waals surface area contributed by atoms with E-state index < -0.39 is 0 Å². The molecule has 0 aliphatic rings. The summed E-state index contributed by atoms with van der Waals surface area (Å²) in [5.74, 6) is -0.163. The normalized spacial score (nSPS) is 11.4. The molecule has 0 aromatic heterocycles. The molecular weight excluding hydrogens is 286 g/mol. The second-order valence-electron chi connectivity index (χ2n) is 6.50. The van der Waals surface area contributed by atoms with Crippen LogP contribution in [0.5, 0.6) is 0 Å². The third-order valence-electron chi connectivity index (χ3n) is 3.74. The molecule has 0 aliphatic carbocycles. The molecule has 0 aromatic carbocycles. The molecule has 1 N–H and O–H groups in total. The molecular formula is C20H37NO2. The molecule has 0 amide bonds. The second-order valence-corrected chi connectivity index (χ2v) is 6.50. The molecule has 134 valence electrons. The van der Waals surface area contributed by atoms with E-state index in [2.05, 4.69) is 39.1 Å². The Morgan fingerprint density at radius 3 is 2.39 bits per heavy atom. The minimum Gasteiger partial charge on any atom is -0.460 e. The van der Waals surface area contributed by atoms with Gasteiger partial charge in [0, 0.05) is 0 Å². The maximum absolute atomic E-state index is 11.6. The number of hydrogen-bond acceptors (Lipinski definition) is 3. The van der Waals surface area contributed by atoms with Gasteiger partial charge >= 0.3 is 5.97 Å². The smallest absolute Gasteiger partial charge is 0.320 e. The second kappa shape index (κ2) is 15.8. The predicted octanol–water partition coefficient (Wildman–Crippen LogP) is 5.17. The van der Waals surface area contributed by atoms with Crippen LogP contribution in [0.1, 0.15) is 79.1 Å². The lowest BCUT2D eigenvalue weighted by Gasteiger charge is -2.05. The standard InChI is InChI=1S/C20H37NO2/c1-5-6-7-8-9-10-15-21-17-20(22)23-16-14-19(4)13-11-12-18(2)3/h12,14,21H,5-11,13,15-17H2,1-4H3/b19-14+. The number of carbonyl (C=O) groups excluding carboxylic acids is 1. The van der Waals surface area contributed by atoms with Crippen molar-refractivity contribution in [2.45, 2.75) is 79.1 Å². The SMILES string of the molecule is CCCCCCCCNCC(=O)OC/C=C(\C)CCC=C(C)C. The van der Waals surface area contributed by atoms with E-state index in [0.717, 1.165) is 25.8 Å². The van der Waals surface area contributed by atoms with Crippen LogP contribution in [-0.2, 0) is 9.53 Å². The van der Waals surface area contributed by atoms with Crippen molar-refractivity contribution in [3.8, 4) is 0 Å². The van der Waals surface area contributed by atoms with Gasteiger partial charge in [0.1, 0.15) is 6.61 Å². The van der Waals surface area contributed by atoms with Crippen molar-refractivity contribution < 1.29 is 9.53 Å². The van der Waals surface area contributed by atoms with Crippen LogP contribution in [-0.4, -0.2) is 25.7 Å². The summed E-state index contributed by atoms with van der Waals surface area (Å²) in [5, 5.41) is 3.16. The summed E-state index contributed by atoms with van der Waals surface area (Å²) in [6.07, 6.45) is 14.0. The fraction of sp³-hybridized carbons (Fsp3) is 0.750. The number of allylic oxidation sites excluding steroid dienone is 3. The first kappa shape index (κ1) is 21.9. The molecule has 0 atom stereocenters. The van der Waals surface area contributed by atoms with Gasteiger partial charge in [-0.1, -0.05) is 56.3 Å². The lowest BCUT2D eigenvalue weighted by molar-refractivity contribution is -0.141. The molecule has 23 heavy (non-hydrogen) atoms. The van der Waals surface area contributed by atoms with E-state index in [4.69, 9.17) is 4.74 Å². The van der Waals surface area contributed by atoms with Crippen LogP contribution in [0.2, 0.25) is 0 Å². The molecule has 0 rings (SSSR count). The Balaban J connectivity index is 3.51. The van der Waals surface area contributed by atoms with Crippen molar-refractivity contribution in [1.82, 2.24) is 5.32 Å². The van der Waals surface area contributed by atoms with E-state index in [-0.39, 0.29) is 5.97 Å². The summed E-state index contributed by atoms with van der Waals surface area (Å²) in [4.78, 5) is 11.6. The molecule has 0 heterocycles. The Morgan fingerprint density at radius 1 is 1.00 bits per heavy atom. The largest absolute Gasteiger partial charge is 0.460 e. The average Bonchev–Trinajstić information content (AvgIpc) is 2.49. The van der Waals surface area contributed by atoms with Gasteiger partial charge in [0.25, 0.3) is 0 Å². The van der Waals surface area contributed by atoms with Crippen LogP contribution < -0.4 is 5.32 Å². The maximum atomic E-state index is 11.6. The molecule has 0 spiro atoms. The first-order valence-corrected chi connectivity index (χ1v) is 9.21. The van der Waals surface area contributed by atoms with Gasteiger partial charge < -0.3 is 10.1 Å². The van der Waals surface area contributed by atoms with Crippen LogP contribution >= 0.6 is 0 Å². The predicted molar refractivity (Wildman–Crippen MR) is 99.6 cm³/mol. The lowest BCUT2D eigenvalue weighted by atomic mass is 10.1. The molecule has 0 saturated heterocycles. The molecule has 0 fully saturated rings. The maximum Gasteiger partial charge on any atom is 0.320 e. The highest BCUT2D eigenvalue weighted by molar-refractivity contribution is 5.71. The van der Waals surface area contributed by atoms with Crippen molar-refractivity contribution in [2.75, 3.05) is 19.7 Å². The number of nitrogens with one attached hydrogen (secondary N) is 1. The molecule has 3 nitrogen and oxygen atoms in total. The summed E-state index contributed by atoms with van der Waals surface area (Å²) >= 11 is 0. The van der Waals surface area contributed by atoms with Gasteiger partial charge in [0.15, 0.2) is 0 Å². The summed E-state index contributed by atoms with van der Waals surface area (Å²) in [6, 6.07) is 0. The van der Waals surface area contributed by atoms with E-state index in [0.29, 0.717) is 13.2 Å². The Hall–Kier alpha value is -1.09.